The van der Waals surface area contributed by atoms with Crippen molar-refractivity contribution in [1.82, 2.24) is 4.90 Å². The summed E-state index contributed by atoms with van der Waals surface area (Å²) in [6.07, 6.45) is 1.89. The number of methoxy groups -OCH3 is 3. The minimum absolute atomic E-state index is 0. The molecule has 0 saturated carbocycles. The summed E-state index contributed by atoms with van der Waals surface area (Å²) in [5, 5.41) is 0. The van der Waals surface area contributed by atoms with Crippen molar-refractivity contribution in [2.45, 2.75) is 18.9 Å². The topological polar surface area (TPSA) is 52.6 Å². The molecule has 4 rings (SSSR count). The van der Waals surface area contributed by atoms with E-state index in [1.54, 1.807) is 21.3 Å². The van der Waals surface area contributed by atoms with E-state index in [0.29, 0.717) is 13.2 Å². The molecule has 0 radical (unpaired) electrons. The SMILES string of the molecule is COc1cc2c(cc1OC)C(COCCN1CCN(c3ccccc3OC)CC1)OCCC2.Cl.Cl. The maximum atomic E-state index is 6.13. The molecular formula is C26H38Cl2N2O5. The second-order valence-corrected chi connectivity index (χ2v) is 8.44. The fourth-order valence-corrected chi connectivity index (χ4v) is 4.66. The van der Waals surface area contributed by atoms with Gasteiger partial charge in [-0.05, 0) is 48.2 Å². The van der Waals surface area contributed by atoms with E-state index < -0.39 is 0 Å². The average Bonchev–Trinajstić information content (AvgIpc) is 3.07. The summed E-state index contributed by atoms with van der Waals surface area (Å²) in [7, 11) is 5.07. The average molecular weight is 530 g/mol. The van der Waals surface area contributed by atoms with E-state index in [0.717, 1.165) is 75.0 Å². The first-order chi connectivity index (χ1) is 16.2. The third-order valence-electron chi connectivity index (χ3n) is 6.52. The molecular weight excluding hydrogens is 491 g/mol. The minimum atomic E-state index is -0.0790. The molecule has 0 aromatic heterocycles. The van der Waals surface area contributed by atoms with Crippen LogP contribution < -0.4 is 19.1 Å². The van der Waals surface area contributed by atoms with E-state index in [2.05, 4.69) is 28.0 Å². The van der Waals surface area contributed by atoms with Crippen LogP contribution in [0.4, 0.5) is 5.69 Å². The standard InChI is InChI=1S/C26H36N2O5.2ClH/c1-29-23-9-5-4-8-22(23)28-12-10-27(11-13-28)14-16-32-19-26-21-18-25(31-3)24(30-2)17-20(21)7-6-15-33-26;;/h4-5,8-9,17-18,26H,6-7,10-16,19H2,1-3H3;2*1H. The summed E-state index contributed by atoms with van der Waals surface area (Å²) in [5.74, 6) is 2.44. The lowest BCUT2D eigenvalue weighted by Crippen LogP contribution is -2.47. The Morgan fingerprint density at radius 2 is 1.57 bits per heavy atom. The third kappa shape index (κ3) is 7.30. The monoisotopic (exact) mass is 528 g/mol. The molecule has 1 saturated heterocycles. The number of halogens is 2. The number of benzene rings is 2. The number of anilines is 1. The molecule has 2 aromatic rings. The van der Waals surface area contributed by atoms with E-state index in [1.165, 1.54) is 11.3 Å². The number of ether oxygens (including phenoxy) is 5. The molecule has 0 spiro atoms. The largest absolute Gasteiger partial charge is 0.495 e. The highest BCUT2D eigenvalue weighted by Gasteiger charge is 2.23. The lowest BCUT2D eigenvalue weighted by molar-refractivity contribution is -0.0201. The van der Waals surface area contributed by atoms with Crippen LogP contribution in [-0.4, -0.2) is 78.8 Å². The number of nitrogens with zero attached hydrogens (tertiary/aromatic N) is 2. The number of piperazine rings is 1. The molecule has 7 nitrogen and oxygen atoms in total. The molecule has 2 aliphatic heterocycles. The summed E-state index contributed by atoms with van der Waals surface area (Å²) in [6.45, 7) is 6.90. The Labute approximate surface area is 221 Å². The maximum absolute atomic E-state index is 6.13. The molecule has 2 heterocycles. The zero-order chi connectivity index (χ0) is 23.0. The van der Waals surface area contributed by atoms with Crippen molar-refractivity contribution < 1.29 is 23.7 Å². The van der Waals surface area contributed by atoms with Crippen molar-refractivity contribution in [3.63, 3.8) is 0 Å². The Hall–Kier alpha value is -1.90. The van der Waals surface area contributed by atoms with Crippen LogP contribution in [0.25, 0.3) is 0 Å². The summed E-state index contributed by atoms with van der Waals surface area (Å²) in [5.41, 5.74) is 3.58. The Bertz CT molecular complexity index is 909. The smallest absolute Gasteiger partial charge is 0.161 e. The molecule has 1 unspecified atom stereocenters. The van der Waals surface area contributed by atoms with Crippen LogP contribution >= 0.6 is 24.8 Å². The number of aryl methyl sites for hydroxylation is 1. The lowest BCUT2D eigenvalue weighted by Gasteiger charge is -2.36. The van der Waals surface area contributed by atoms with Crippen LogP contribution in [0.1, 0.15) is 23.7 Å². The summed E-state index contributed by atoms with van der Waals surface area (Å²) in [4.78, 5) is 4.86. The first-order valence-electron chi connectivity index (χ1n) is 11.8. The molecule has 0 bridgehead atoms. The van der Waals surface area contributed by atoms with Gasteiger partial charge in [0.15, 0.2) is 11.5 Å². The van der Waals surface area contributed by atoms with Crippen molar-refractivity contribution in [2.24, 2.45) is 0 Å². The van der Waals surface area contributed by atoms with Crippen LogP contribution in [0.3, 0.4) is 0 Å². The van der Waals surface area contributed by atoms with Crippen LogP contribution in [0.5, 0.6) is 17.2 Å². The van der Waals surface area contributed by atoms with E-state index >= 15 is 0 Å². The minimum Gasteiger partial charge on any atom is -0.495 e. The third-order valence-corrected chi connectivity index (χ3v) is 6.52. The first-order valence-corrected chi connectivity index (χ1v) is 11.8. The predicted molar refractivity (Wildman–Crippen MR) is 144 cm³/mol. The Balaban J connectivity index is 0.00000216. The van der Waals surface area contributed by atoms with Gasteiger partial charge in [-0.15, -0.1) is 24.8 Å². The molecule has 35 heavy (non-hydrogen) atoms. The van der Waals surface area contributed by atoms with Gasteiger partial charge in [0.05, 0.1) is 40.2 Å². The molecule has 2 aromatic carbocycles. The molecule has 2 aliphatic rings. The van der Waals surface area contributed by atoms with Gasteiger partial charge in [0.2, 0.25) is 0 Å². The molecule has 1 fully saturated rings. The number of para-hydroxylation sites is 2. The van der Waals surface area contributed by atoms with Crippen molar-refractivity contribution in [3.05, 3.63) is 47.5 Å². The Morgan fingerprint density at radius 1 is 0.886 bits per heavy atom. The van der Waals surface area contributed by atoms with Crippen molar-refractivity contribution in [3.8, 4) is 17.2 Å². The van der Waals surface area contributed by atoms with Crippen LogP contribution in [-0.2, 0) is 15.9 Å². The number of fused-ring (bicyclic) bond motifs is 1. The molecule has 0 amide bonds. The van der Waals surface area contributed by atoms with Crippen molar-refractivity contribution in [1.29, 1.82) is 0 Å². The number of rotatable bonds is 9. The van der Waals surface area contributed by atoms with Gasteiger partial charge in [0, 0.05) is 39.3 Å². The lowest BCUT2D eigenvalue weighted by atomic mass is 9.99. The second-order valence-electron chi connectivity index (χ2n) is 8.44. The zero-order valence-electron chi connectivity index (χ0n) is 20.9. The highest BCUT2D eigenvalue weighted by atomic mass is 35.5. The van der Waals surface area contributed by atoms with Gasteiger partial charge in [0.25, 0.3) is 0 Å². The van der Waals surface area contributed by atoms with E-state index in [4.69, 9.17) is 23.7 Å². The summed E-state index contributed by atoms with van der Waals surface area (Å²) in [6, 6.07) is 12.4. The van der Waals surface area contributed by atoms with E-state index in [9.17, 15) is 0 Å². The maximum Gasteiger partial charge on any atom is 0.161 e. The number of hydrogen-bond donors (Lipinski definition) is 0. The van der Waals surface area contributed by atoms with Crippen LogP contribution in [0.2, 0.25) is 0 Å². The zero-order valence-corrected chi connectivity index (χ0v) is 22.5. The summed E-state index contributed by atoms with van der Waals surface area (Å²) >= 11 is 0. The van der Waals surface area contributed by atoms with Gasteiger partial charge in [-0.2, -0.15) is 0 Å². The van der Waals surface area contributed by atoms with Gasteiger partial charge < -0.3 is 28.6 Å². The van der Waals surface area contributed by atoms with Crippen LogP contribution in [0, 0.1) is 0 Å². The summed E-state index contributed by atoms with van der Waals surface area (Å²) < 4.78 is 28.7. The normalized spacial score (nSPS) is 17.9. The molecule has 0 aliphatic carbocycles. The molecule has 1 atom stereocenters. The molecule has 196 valence electrons. The Morgan fingerprint density at radius 3 is 2.29 bits per heavy atom. The molecule has 0 N–H and O–H groups in total. The fraction of sp³-hybridized carbons (Fsp3) is 0.538. The van der Waals surface area contributed by atoms with Crippen molar-refractivity contribution in [2.75, 3.05) is 78.8 Å². The number of hydrogen-bond acceptors (Lipinski definition) is 7. The van der Waals surface area contributed by atoms with Gasteiger partial charge in [-0.25, -0.2) is 0 Å². The highest BCUT2D eigenvalue weighted by Crippen LogP contribution is 2.36. The quantitative estimate of drug-likeness (QED) is 0.447. The highest BCUT2D eigenvalue weighted by molar-refractivity contribution is 5.85. The van der Waals surface area contributed by atoms with Crippen molar-refractivity contribution >= 4 is 30.5 Å². The molecule has 9 heteroatoms. The predicted octanol–water partition coefficient (Wildman–Crippen LogP) is 4.40. The Kier molecular flexibility index (Phi) is 12.2. The van der Waals surface area contributed by atoms with E-state index in [-0.39, 0.29) is 30.9 Å². The van der Waals surface area contributed by atoms with Gasteiger partial charge in [0.1, 0.15) is 11.9 Å². The second kappa shape index (κ2) is 14.6. The van der Waals surface area contributed by atoms with E-state index in [1.807, 2.05) is 18.2 Å². The van der Waals surface area contributed by atoms with Crippen LogP contribution in [0.15, 0.2) is 36.4 Å². The first kappa shape index (κ1) is 29.3. The van der Waals surface area contributed by atoms with Gasteiger partial charge in [-0.1, -0.05) is 12.1 Å². The van der Waals surface area contributed by atoms with Gasteiger partial charge >= 0.3 is 0 Å². The fourth-order valence-electron chi connectivity index (χ4n) is 4.66. The van der Waals surface area contributed by atoms with Gasteiger partial charge in [-0.3, -0.25) is 4.90 Å².